The van der Waals surface area contributed by atoms with E-state index in [1.165, 1.54) is 0 Å². The molecule has 19 heavy (non-hydrogen) atoms. The van der Waals surface area contributed by atoms with Crippen LogP contribution in [0.3, 0.4) is 0 Å². The Hall–Kier alpha value is -2.46. The van der Waals surface area contributed by atoms with Gasteiger partial charge >= 0.3 is 0 Å². The van der Waals surface area contributed by atoms with E-state index >= 15 is 0 Å². The fourth-order valence-corrected chi connectivity index (χ4v) is 2.06. The molecule has 4 heteroatoms. The molecule has 0 fully saturated rings. The Morgan fingerprint density at radius 2 is 2.11 bits per heavy atom. The van der Waals surface area contributed by atoms with Gasteiger partial charge < -0.3 is 10.2 Å². The van der Waals surface area contributed by atoms with E-state index in [-0.39, 0.29) is 12.3 Å². The van der Waals surface area contributed by atoms with Crippen molar-refractivity contribution in [1.82, 2.24) is 4.98 Å². The predicted octanol–water partition coefficient (Wildman–Crippen LogP) is 2.52. The van der Waals surface area contributed by atoms with Crippen molar-refractivity contribution in [2.45, 2.75) is 6.54 Å². The van der Waals surface area contributed by atoms with Gasteiger partial charge in [0.2, 0.25) is 5.78 Å². The van der Waals surface area contributed by atoms with Crippen LogP contribution in [0.2, 0.25) is 0 Å². The number of fused-ring (bicyclic) bond motifs is 1. The number of carbonyl (C=O) groups excluding carboxylic acids is 1. The van der Waals surface area contributed by atoms with Crippen molar-refractivity contribution in [3.63, 3.8) is 0 Å². The molecule has 0 aliphatic carbocycles. The van der Waals surface area contributed by atoms with Gasteiger partial charge in [0.15, 0.2) is 5.76 Å². The minimum Gasteiger partial charge on any atom is -0.456 e. The summed E-state index contributed by atoms with van der Waals surface area (Å²) in [5.41, 5.74) is 6.09. The summed E-state index contributed by atoms with van der Waals surface area (Å²) in [6.07, 6.45) is 3.41. The number of hydrogen-bond acceptors (Lipinski definition) is 4. The molecule has 3 rings (SSSR count). The zero-order valence-electron chi connectivity index (χ0n) is 10.2. The van der Waals surface area contributed by atoms with Crippen LogP contribution in [0, 0.1) is 0 Å². The second kappa shape index (κ2) is 4.66. The monoisotopic (exact) mass is 252 g/mol. The SMILES string of the molecule is NCc1ccc(C(=O)c2cccc3cnccc23)o1. The van der Waals surface area contributed by atoms with Gasteiger partial charge in [-0.1, -0.05) is 18.2 Å². The van der Waals surface area contributed by atoms with E-state index in [2.05, 4.69) is 4.98 Å². The van der Waals surface area contributed by atoms with Crippen LogP contribution >= 0.6 is 0 Å². The predicted molar refractivity (Wildman–Crippen MR) is 71.8 cm³/mol. The van der Waals surface area contributed by atoms with Crippen molar-refractivity contribution >= 4 is 16.6 Å². The van der Waals surface area contributed by atoms with E-state index in [0.29, 0.717) is 17.1 Å². The van der Waals surface area contributed by atoms with E-state index in [0.717, 1.165) is 10.8 Å². The van der Waals surface area contributed by atoms with E-state index in [1.54, 1.807) is 30.6 Å². The first kappa shape index (κ1) is 11.6. The average Bonchev–Trinajstić information content (AvgIpc) is 2.95. The highest BCUT2D eigenvalue weighted by Crippen LogP contribution is 2.21. The molecule has 0 saturated carbocycles. The maximum atomic E-state index is 12.4. The molecule has 94 valence electrons. The molecule has 2 N–H and O–H groups in total. The van der Waals surface area contributed by atoms with Gasteiger partial charge in [0, 0.05) is 23.3 Å². The van der Waals surface area contributed by atoms with E-state index < -0.39 is 0 Å². The molecule has 2 aromatic heterocycles. The van der Waals surface area contributed by atoms with E-state index in [9.17, 15) is 4.79 Å². The minimum absolute atomic E-state index is 0.142. The van der Waals surface area contributed by atoms with Gasteiger partial charge in [-0.05, 0) is 23.6 Å². The van der Waals surface area contributed by atoms with Gasteiger partial charge in [0.25, 0.3) is 0 Å². The number of furan rings is 1. The summed E-state index contributed by atoms with van der Waals surface area (Å²) in [5, 5.41) is 1.80. The Labute approximate surface area is 109 Å². The van der Waals surface area contributed by atoms with Gasteiger partial charge in [-0.3, -0.25) is 9.78 Å². The van der Waals surface area contributed by atoms with Crippen LogP contribution in [0.25, 0.3) is 10.8 Å². The molecular formula is C15H12N2O2. The molecule has 0 aliphatic heterocycles. The van der Waals surface area contributed by atoms with Crippen LogP contribution in [0.4, 0.5) is 0 Å². The van der Waals surface area contributed by atoms with E-state index in [4.69, 9.17) is 10.2 Å². The lowest BCUT2D eigenvalue weighted by molar-refractivity contribution is 0.101. The number of nitrogens with zero attached hydrogens (tertiary/aromatic N) is 1. The summed E-state index contributed by atoms with van der Waals surface area (Å²) in [4.78, 5) is 16.5. The number of benzene rings is 1. The summed E-state index contributed by atoms with van der Waals surface area (Å²) in [5.74, 6) is 0.770. The topological polar surface area (TPSA) is 69.1 Å². The van der Waals surface area contributed by atoms with Crippen molar-refractivity contribution in [2.24, 2.45) is 5.73 Å². The maximum absolute atomic E-state index is 12.4. The fraction of sp³-hybridized carbons (Fsp3) is 0.0667. The second-order valence-corrected chi connectivity index (χ2v) is 4.20. The molecule has 4 nitrogen and oxygen atoms in total. The first-order valence-corrected chi connectivity index (χ1v) is 5.96. The molecule has 0 atom stereocenters. The molecule has 0 unspecified atom stereocenters. The maximum Gasteiger partial charge on any atom is 0.228 e. The zero-order valence-corrected chi connectivity index (χ0v) is 10.2. The quantitative estimate of drug-likeness (QED) is 0.727. The third kappa shape index (κ3) is 2.02. The van der Waals surface area contributed by atoms with Gasteiger partial charge in [0.05, 0.1) is 6.54 Å². The minimum atomic E-state index is -0.142. The van der Waals surface area contributed by atoms with Crippen LogP contribution in [0.1, 0.15) is 21.9 Å². The Balaban J connectivity index is 2.11. The Morgan fingerprint density at radius 3 is 2.89 bits per heavy atom. The number of pyridine rings is 1. The van der Waals surface area contributed by atoms with Crippen LogP contribution in [-0.2, 0) is 6.54 Å². The summed E-state index contributed by atoms with van der Waals surface area (Å²) in [7, 11) is 0. The molecule has 0 spiro atoms. The highest BCUT2D eigenvalue weighted by Gasteiger charge is 2.15. The third-order valence-corrected chi connectivity index (χ3v) is 3.01. The Kier molecular flexibility index (Phi) is 2.85. The number of ketones is 1. The largest absolute Gasteiger partial charge is 0.456 e. The molecule has 1 aromatic carbocycles. The molecule has 0 bridgehead atoms. The van der Waals surface area contributed by atoms with Gasteiger partial charge in [-0.2, -0.15) is 0 Å². The summed E-state index contributed by atoms with van der Waals surface area (Å²) >= 11 is 0. The number of carbonyl (C=O) groups is 1. The van der Waals surface area contributed by atoms with Crippen LogP contribution in [0.5, 0.6) is 0 Å². The normalized spacial score (nSPS) is 10.8. The second-order valence-electron chi connectivity index (χ2n) is 4.20. The lowest BCUT2D eigenvalue weighted by Crippen LogP contribution is -2.01. The van der Waals surface area contributed by atoms with Crippen molar-refractivity contribution in [2.75, 3.05) is 0 Å². The standard InChI is InChI=1S/C15H12N2O2/c16-8-11-4-5-14(19-11)15(18)13-3-1-2-10-9-17-7-6-12(10)13/h1-7,9H,8,16H2. The van der Waals surface area contributed by atoms with Crippen LogP contribution in [0.15, 0.2) is 53.2 Å². The molecule has 2 heterocycles. The third-order valence-electron chi connectivity index (χ3n) is 3.01. The molecule has 0 radical (unpaired) electrons. The van der Waals surface area contributed by atoms with Gasteiger partial charge in [-0.15, -0.1) is 0 Å². The molecule has 0 aliphatic rings. The summed E-state index contributed by atoms with van der Waals surface area (Å²) in [6, 6.07) is 10.8. The number of hydrogen-bond donors (Lipinski definition) is 1. The smallest absolute Gasteiger partial charge is 0.228 e. The van der Waals surface area contributed by atoms with Crippen molar-refractivity contribution in [3.8, 4) is 0 Å². The summed E-state index contributed by atoms with van der Waals surface area (Å²) < 4.78 is 5.41. The lowest BCUT2D eigenvalue weighted by atomic mass is 10.0. The van der Waals surface area contributed by atoms with E-state index in [1.807, 2.05) is 18.2 Å². The first-order chi connectivity index (χ1) is 9.29. The number of nitrogens with two attached hydrogens (primary N) is 1. The first-order valence-electron chi connectivity index (χ1n) is 5.96. The zero-order chi connectivity index (χ0) is 13.2. The highest BCUT2D eigenvalue weighted by atomic mass is 16.3. The Morgan fingerprint density at radius 1 is 1.21 bits per heavy atom. The number of aromatic nitrogens is 1. The molecular weight excluding hydrogens is 240 g/mol. The molecule has 0 amide bonds. The molecule has 0 saturated heterocycles. The highest BCUT2D eigenvalue weighted by molar-refractivity contribution is 6.15. The van der Waals surface area contributed by atoms with Crippen LogP contribution in [-0.4, -0.2) is 10.8 Å². The van der Waals surface area contributed by atoms with Gasteiger partial charge in [-0.25, -0.2) is 0 Å². The lowest BCUT2D eigenvalue weighted by Gasteiger charge is -2.03. The van der Waals surface area contributed by atoms with Gasteiger partial charge in [0.1, 0.15) is 5.76 Å². The van der Waals surface area contributed by atoms with Crippen LogP contribution < -0.4 is 5.73 Å². The molecule has 3 aromatic rings. The van der Waals surface area contributed by atoms with Crippen molar-refractivity contribution < 1.29 is 9.21 Å². The van der Waals surface area contributed by atoms with Crippen molar-refractivity contribution in [1.29, 1.82) is 0 Å². The number of rotatable bonds is 3. The Bertz CT molecular complexity index is 741. The van der Waals surface area contributed by atoms with Crippen molar-refractivity contribution in [3.05, 3.63) is 65.9 Å². The average molecular weight is 252 g/mol. The summed E-state index contributed by atoms with van der Waals surface area (Å²) in [6.45, 7) is 0.284. The fourth-order valence-electron chi connectivity index (χ4n) is 2.06.